The summed E-state index contributed by atoms with van der Waals surface area (Å²) < 4.78 is 5.06. The zero-order valence-corrected chi connectivity index (χ0v) is 12.9. The lowest BCUT2D eigenvalue weighted by Crippen LogP contribution is -2.40. The number of aliphatic carboxylic acids is 1. The molecule has 1 unspecified atom stereocenters. The molecule has 20 heavy (non-hydrogen) atoms. The molecule has 0 saturated heterocycles. The highest BCUT2D eigenvalue weighted by Crippen LogP contribution is 2.36. The molecule has 0 aromatic heterocycles. The molecule has 0 aliphatic heterocycles. The number of ether oxygens (including phenoxy) is 1. The van der Waals surface area contributed by atoms with Crippen molar-refractivity contribution in [3.63, 3.8) is 0 Å². The van der Waals surface area contributed by atoms with Crippen molar-refractivity contribution in [2.24, 2.45) is 23.2 Å². The van der Waals surface area contributed by atoms with Crippen molar-refractivity contribution in [2.45, 2.75) is 40.0 Å². The number of carbonyl (C=O) groups is 2. The largest absolute Gasteiger partial charge is 0.481 e. The van der Waals surface area contributed by atoms with Gasteiger partial charge >= 0.3 is 5.97 Å². The van der Waals surface area contributed by atoms with Crippen LogP contribution in [-0.4, -0.2) is 37.2 Å². The van der Waals surface area contributed by atoms with E-state index in [4.69, 9.17) is 4.74 Å². The standard InChI is InChI=1S/C15H27NO4/c1-10-7-11(12(8-10)14(18)19)13(17)16-9-15(2,3)5-6-20-4/h10-12H,5-9H2,1-4H3,(H,16,17)(H,18,19)/t10?,11-,12+/m0/s1. The van der Waals surface area contributed by atoms with E-state index in [1.54, 1.807) is 7.11 Å². The van der Waals surface area contributed by atoms with Gasteiger partial charge in [0.15, 0.2) is 0 Å². The summed E-state index contributed by atoms with van der Waals surface area (Å²) in [4.78, 5) is 23.4. The van der Waals surface area contributed by atoms with Gasteiger partial charge in [0.25, 0.3) is 0 Å². The molecule has 0 aromatic carbocycles. The van der Waals surface area contributed by atoms with Gasteiger partial charge in [0.2, 0.25) is 5.91 Å². The number of rotatable bonds is 7. The van der Waals surface area contributed by atoms with Gasteiger partial charge < -0.3 is 15.2 Å². The Morgan fingerprint density at radius 1 is 1.30 bits per heavy atom. The third-order valence-corrected chi connectivity index (χ3v) is 4.18. The lowest BCUT2D eigenvalue weighted by molar-refractivity contribution is -0.146. The fraction of sp³-hybridized carbons (Fsp3) is 0.867. The quantitative estimate of drug-likeness (QED) is 0.749. The van der Waals surface area contributed by atoms with Crippen molar-refractivity contribution in [1.82, 2.24) is 5.32 Å². The summed E-state index contributed by atoms with van der Waals surface area (Å²) in [5.74, 6) is -1.60. The van der Waals surface area contributed by atoms with Crippen molar-refractivity contribution in [3.8, 4) is 0 Å². The Balaban J connectivity index is 2.51. The zero-order chi connectivity index (χ0) is 15.3. The number of amides is 1. The predicted octanol–water partition coefficient (Wildman–Crippen LogP) is 1.91. The average molecular weight is 285 g/mol. The SMILES string of the molecule is COCCC(C)(C)CNC(=O)[C@H]1CC(C)C[C@H]1C(=O)O. The van der Waals surface area contributed by atoms with Crippen molar-refractivity contribution in [2.75, 3.05) is 20.3 Å². The number of methoxy groups -OCH3 is 1. The van der Waals surface area contributed by atoms with Gasteiger partial charge in [-0.25, -0.2) is 0 Å². The molecule has 5 heteroatoms. The van der Waals surface area contributed by atoms with E-state index >= 15 is 0 Å². The molecule has 0 radical (unpaired) electrons. The monoisotopic (exact) mass is 285 g/mol. The minimum Gasteiger partial charge on any atom is -0.481 e. The number of hydrogen-bond acceptors (Lipinski definition) is 3. The van der Waals surface area contributed by atoms with Gasteiger partial charge in [0.1, 0.15) is 0 Å². The lowest BCUT2D eigenvalue weighted by atomic mass is 9.89. The van der Waals surface area contributed by atoms with E-state index in [0.29, 0.717) is 31.9 Å². The molecule has 116 valence electrons. The zero-order valence-electron chi connectivity index (χ0n) is 12.9. The smallest absolute Gasteiger partial charge is 0.307 e. The van der Waals surface area contributed by atoms with Crippen LogP contribution in [0.5, 0.6) is 0 Å². The van der Waals surface area contributed by atoms with Crippen LogP contribution < -0.4 is 5.32 Å². The normalized spacial score (nSPS) is 26.5. The number of carboxylic acid groups (broad SMARTS) is 1. The molecule has 1 aliphatic carbocycles. The van der Waals surface area contributed by atoms with Crippen LogP contribution in [0.15, 0.2) is 0 Å². The van der Waals surface area contributed by atoms with Gasteiger partial charge in [0.05, 0.1) is 11.8 Å². The summed E-state index contributed by atoms with van der Waals surface area (Å²) in [5, 5.41) is 12.1. The van der Waals surface area contributed by atoms with Crippen molar-refractivity contribution >= 4 is 11.9 Å². The second-order valence-corrected chi connectivity index (χ2v) is 6.75. The van der Waals surface area contributed by atoms with Gasteiger partial charge in [-0.15, -0.1) is 0 Å². The summed E-state index contributed by atoms with van der Waals surface area (Å²) in [6.45, 7) is 7.34. The Labute approximate surface area is 121 Å². The predicted molar refractivity (Wildman–Crippen MR) is 76.3 cm³/mol. The molecule has 0 aromatic rings. The highest BCUT2D eigenvalue weighted by molar-refractivity contribution is 5.85. The lowest BCUT2D eigenvalue weighted by Gasteiger charge is -2.26. The van der Waals surface area contributed by atoms with Crippen LogP contribution >= 0.6 is 0 Å². The summed E-state index contributed by atoms with van der Waals surface area (Å²) in [6, 6.07) is 0. The molecule has 5 nitrogen and oxygen atoms in total. The van der Waals surface area contributed by atoms with Gasteiger partial charge in [-0.05, 0) is 30.6 Å². The molecule has 0 spiro atoms. The van der Waals surface area contributed by atoms with Crippen molar-refractivity contribution in [3.05, 3.63) is 0 Å². The number of carboxylic acids is 1. The fourth-order valence-electron chi connectivity index (χ4n) is 2.78. The Morgan fingerprint density at radius 3 is 2.45 bits per heavy atom. The Hall–Kier alpha value is -1.10. The van der Waals surface area contributed by atoms with Crippen LogP contribution in [0, 0.1) is 23.2 Å². The maximum atomic E-state index is 12.2. The van der Waals surface area contributed by atoms with Crippen LogP contribution in [0.25, 0.3) is 0 Å². The first-order valence-corrected chi connectivity index (χ1v) is 7.26. The first kappa shape index (κ1) is 17.0. The molecule has 0 bridgehead atoms. The molecule has 1 saturated carbocycles. The average Bonchev–Trinajstić information content (AvgIpc) is 2.76. The van der Waals surface area contributed by atoms with Crippen molar-refractivity contribution < 1.29 is 19.4 Å². The summed E-state index contributed by atoms with van der Waals surface area (Å²) >= 11 is 0. The Morgan fingerprint density at radius 2 is 1.90 bits per heavy atom. The second kappa shape index (κ2) is 7.07. The van der Waals surface area contributed by atoms with E-state index in [0.717, 1.165) is 6.42 Å². The van der Waals surface area contributed by atoms with Crippen LogP contribution in [0.1, 0.15) is 40.0 Å². The maximum Gasteiger partial charge on any atom is 0.307 e. The maximum absolute atomic E-state index is 12.2. The molecule has 1 aliphatic rings. The molecule has 2 N–H and O–H groups in total. The van der Waals surface area contributed by atoms with Gasteiger partial charge in [0, 0.05) is 20.3 Å². The Bertz CT molecular complexity index is 354. The third kappa shape index (κ3) is 4.78. The van der Waals surface area contributed by atoms with E-state index in [9.17, 15) is 14.7 Å². The summed E-state index contributed by atoms with van der Waals surface area (Å²) in [5.41, 5.74) is -0.0470. The summed E-state index contributed by atoms with van der Waals surface area (Å²) in [6.07, 6.45) is 2.12. The minimum atomic E-state index is -0.854. The highest BCUT2D eigenvalue weighted by Gasteiger charge is 2.41. The van der Waals surface area contributed by atoms with Gasteiger partial charge in [-0.3, -0.25) is 9.59 Å². The molecule has 1 amide bonds. The first-order chi connectivity index (χ1) is 9.26. The topological polar surface area (TPSA) is 75.6 Å². The molecule has 3 atom stereocenters. The molecule has 1 fully saturated rings. The van der Waals surface area contributed by atoms with Crippen LogP contribution in [-0.2, 0) is 14.3 Å². The van der Waals surface area contributed by atoms with Crippen LogP contribution in [0.2, 0.25) is 0 Å². The molecular weight excluding hydrogens is 258 g/mol. The van der Waals surface area contributed by atoms with E-state index in [1.165, 1.54) is 0 Å². The number of hydrogen-bond donors (Lipinski definition) is 2. The first-order valence-electron chi connectivity index (χ1n) is 7.26. The van der Waals surface area contributed by atoms with Gasteiger partial charge in [-0.1, -0.05) is 20.8 Å². The van der Waals surface area contributed by atoms with Crippen molar-refractivity contribution in [1.29, 1.82) is 0 Å². The number of nitrogens with one attached hydrogen (secondary N) is 1. The second-order valence-electron chi connectivity index (χ2n) is 6.75. The van der Waals surface area contributed by atoms with Crippen LogP contribution in [0.3, 0.4) is 0 Å². The molecule has 0 heterocycles. The third-order valence-electron chi connectivity index (χ3n) is 4.18. The summed E-state index contributed by atoms with van der Waals surface area (Å²) in [7, 11) is 1.66. The van der Waals surface area contributed by atoms with E-state index < -0.39 is 11.9 Å². The van der Waals surface area contributed by atoms with E-state index in [1.807, 2.05) is 6.92 Å². The van der Waals surface area contributed by atoms with Crippen LogP contribution in [0.4, 0.5) is 0 Å². The fourth-order valence-corrected chi connectivity index (χ4v) is 2.78. The highest BCUT2D eigenvalue weighted by atomic mass is 16.5. The van der Waals surface area contributed by atoms with E-state index in [-0.39, 0.29) is 17.2 Å². The molecule has 1 rings (SSSR count). The minimum absolute atomic E-state index is 0.0470. The van der Waals surface area contributed by atoms with E-state index in [2.05, 4.69) is 19.2 Å². The molecular formula is C15H27NO4. The Kier molecular flexibility index (Phi) is 5.99. The van der Waals surface area contributed by atoms with Gasteiger partial charge in [-0.2, -0.15) is 0 Å². The number of carbonyl (C=O) groups excluding carboxylic acids is 1.